The van der Waals surface area contributed by atoms with E-state index in [1.165, 1.54) is 0 Å². The number of amides is 1. The van der Waals surface area contributed by atoms with Crippen LogP contribution in [0.1, 0.15) is 0 Å². The van der Waals surface area contributed by atoms with Crippen LogP contribution in [0.5, 0.6) is 0 Å². The molecule has 26 heavy (non-hydrogen) atoms. The van der Waals surface area contributed by atoms with E-state index in [2.05, 4.69) is 24.8 Å². The zero-order valence-corrected chi connectivity index (χ0v) is 15.0. The second kappa shape index (κ2) is 7.33. The number of carbonyl (C=O) groups excluding carboxylic acids is 1. The minimum absolute atomic E-state index is 0.0526. The molecule has 0 fully saturated rings. The van der Waals surface area contributed by atoms with Gasteiger partial charge in [0.15, 0.2) is 5.52 Å². The average molecular weight is 390 g/mol. The van der Waals surface area contributed by atoms with Gasteiger partial charge in [-0.1, -0.05) is 0 Å². The van der Waals surface area contributed by atoms with E-state index >= 15 is 0 Å². The smallest absolute Gasteiger partial charge is 0.353 e. The second-order valence-electron chi connectivity index (χ2n) is 6.17. The average Bonchev–Trinajstić information content (AvgIpc) is 2.94. The lowest BCUT2D eigenvalue weighted by Gasteiger charge is -2.23. The van der Waals surface area contributed by atoms with Crippen molar-refractivity contribution in [1.82, 2.24) is 10.3 Å². The Bertz CT molecular complexity index is 876. The fourth-order valence-electron chi connectivity index (χ4n) is 1.80. The van der Waals surface area contributed by atoms with E-state index in [9.17, 15) is 24.4 Å². The number of nitrogens with one attached hydrogen (secondary N) is 1. The highest BCUT2D eigenvalue weighted by Crippen LogP contribution is 2.43. The molecule has 2 rings (SSSR count). The first-order chi connectivity index (χ1) is 12.0. The van der Waals surface area contributed by atoms with Gasteiger partial charge in [0.25, 0.3) is 0 Å². The molecule has 0 aliphatic carbocycles. The summed E-state index contributed by atoms with van der Waals surface area (Å²) in [7, 11) is 0.924. The molecule has 0 saturated carbocycles. The van der Waals surface area contributed by atoms with Crippen molar-refractivity contribution in [2.75, 3.05) is 39.6 Å². The van der Waals surface area contributed by atoms with Gasteiger partial charge in [-0.3, -0.25) is 24.8 Å². The van der Waals surface area contributed by atoms with Gasteiger partial charge in [0, 0.05) is 6.07 Å². The summed E-state index contributed by atoms with van der Waals surface area (Å²) in [5.41, 5.74) is -0.742. The van der Waals surface area contributed by atoms with Crippen molar-refractivity contribution < 1.29 is 37.3 Å². The molecule has 0 aliphatic rings. The monoisotopic (exact) mass is 390 g/mol. The van der Waals surface area contributed by atoms with Crippen LogP contribution in [0.4, 0.5) is 16.2 Å². The summed E-state index contributed by atoms with van der Waals surface area (Å²) in [4.78, 5) is 31.6. The third-order valence-corrected chi connectivity index (χ3v) is 3.95. The Labute approximate surface area is 146 Å². The number of anilines is 1. The third-order valence-electron chi connectivity index (χ3n) is 3.04. The van der Waals surface area contributed by atoms with Crippen LogP contribution in [0.3, 0.4) is 0 Å². The maximum atomic E-state index is 11.8. The van der Waals surface area contributed by atoms with Gasteiger partial charge in [-0.25, -0.2) is 14.0 Å². The molecule has 2 N–H and O–H groups in total. The highest BCUT2D eigenvalue weighted by molar-refractivity contribution is 7.48. The van der Waals surface area contributed by atoms with Crippen LogP contribution in [0, 0.1) is 10.1 Å². The van der Waals surface area contributed by atoms with Crippen molar-refractivity contribution in [3.63, 3.8) is 0 Å². The van der Waals surface area contributed by atoms with E-state index in [1.54, 1.807) is 0 Å². The molecule has 142 valence electrons. The lowest BCUT2D eigenvalue weighted by molar-refractivity contribution is -0.870. The van der Waals surface area contributed by atoms with E-state index in [0.29, 0.717) is 11.0 Å². The molecule has 1 amide bonds. The fourth-order valence-corrected chi connectivity index (χ4v) is 2.42. The van der Waals surface area contributed by atoms with Gasteiger partial charge >= 0.3 is 19.6 Å². The number of hydrogen-bond donors (Lipinski definition) is 2. The number of non-ortho nitro benzene ring substituents is 1. The predicted octanol–water partition coefficient (Wildman–Crippen LogP) is 1.50. The standard InChI is InChI=1S/C12H16N5O8P/c1-17(2,3)6-7-23-26(21,22)24-12(18)13-8-4-5-9(16(19)20)11-10(8)14-25-15-11/h4-5H,6-7H2,1-3H3,(H-,13,15,18,21,22)/p+1. The molecule has 1 aromatic carbocycles. The third kappa shape index (κ3) is 5.20. The Morgan fingerprint density at radius 1 is 1.38 bits per heavy atom. The number of nitro groups is 1. The topological polar surface area (TPSA) is 167 Å². The summed E-state index contributed by atoms with van der Waals surface area (Å²) in [5.74, 6) is 0. The van der Waals surface area contributed by atoms with E-state index in [0.717, 1.165) is 12.1 Å². The summed E-state index contributed by atoms with van der Waals surface area (Å²) >= 11 is 0. The molecule has 1 atom stereocenters. The molecule has 1 aromatic heterocycles. The Morgan fingerprint density at radius 2 is 2.04 bits per heavy atom. The van der Waals surface area contributed by atoms with Gasteiger partial charge < -0.3 is 9.01 Å². The molecule has 0 saturated heterocycles. The molecular weight excluding hydrogens is 373 g/mol. The number of hydrogen-bond acceptors (Lipinski definition) is 9. The van der Waals surface area contributed by atoms with Crippen LogP contribution < -0.4 is 5.32 Å². The molecule has 13 nitrogen and oxygen atoms in total. The number of fused-ring (bicyclic) bond motifs is 1. The summed E-state index contributed by atoms with van der Waals surface area (Å²) in [6, 6.07) is 2.23. The van der Waals surface area contributed by atoms with Crippen molar-refractivity contribution in [3.05, 3.63) is 22.2 Å². The van der Waals surface area contributed by atoms with Crippen molar-refractivity contribution in [2.24, 2.45) is 0 Å². The van der Waals surface area contributed by atoms with Crippen molar-refractivity contribution in [3.8, 4) is 0 Å². The molecule has 0 aliphatic heterocycles. The first-order valence-electron chi connectivity index (χ1n) is 7.16. The Kier molecular flexibility index (Phi) is 5.56. The van der Waals surface area contributed by atoms with E-state index in [1.807, 2.05) is 21.1 Å². The Hall–Kier alpha value is -2.60. The highest BCUT2D eigenvalue weighted by Gasteiger charge is 2.28. The van der Waals surface area contributed by atoms with E-state index < -0.39 is 18.8 Å². The molecular formula is C12H17N5O8P+. The first kappa shape index (κ1) is 19.7. The molecule has 1 heterocycles. The fraction of sp³-hybridized carbons (Fsp3) is 0.417. The number of rotatable bonds is 7. The largest absolute Gasteiger partial charge is 0.531 e. The summed E-state index contributed by atoms with van der Waals surface area (Å²) in [6.07, 6.45) is -1.31. The maximum absolute atomic E-state index is 11.8. The zero-order chi connectivity index (χ0) is 19.5. The van der Waals surface area contributed by atoms with Crippen molar-refractivity contribution in [2.45, 2.75) is 0 Å². The molecule has 0 radical (unpaired) electrons. The van der Waals surface area contributed by atoms with Crippen LogP contribution in [-0.4, -0.2) is 65.0 Å². The van der Waals surface area contributed by atoms with Gasteiger partial charge in [-0.05, 0) is 16.4 Å². The van der Waals surface area contributed by atoms with Crippen LogP contribution in [0.15, 0.2) is 16.8 Å². The van der Waals surface area contributed by atoms with Crippen molar-refractivity contribution >= 4 is 36.3 Å². The number of nitro benzene ring substituents is 1. The molecule has 0 bridgehead atoms. The lowest BCUT2D eigenvalue weighted by Crippen LogP contribution is -2.37. The number of likely N-dealkylation sites (N-methyl/N-ethyl adjacent to an activating group) is 1. The molecule has 1 unspecified atom stereocenters. The van der Waals surface area contributed by atoms with Gasteiger partial charge in [0.1, 0.15) is 13.2 Å². The normalized spacial score (nSPS) is 14.0. The molecule has 0 spiro atoms. The minimum atomic E-state index is -4.63. The van der Waals surface area contributed by atoms with Crippen LogP contribution in [-0.2, 0) is 13.6 Å². The van der Waals surface area contributed by atoms with Gasteiger partial charge in [0.2, 0.25) is 5.52 Å². The maximum Gasteiger partial charge on any atom is 0.531 e. The highest BCUT2D eigenvalue weighted by atomic mass is 31.2. The van der Waals surface area contributed by atoms with Crippen LogP contribution in [0.25, 0.3) is 11.0 Å². The second-order valence-corrected chi connectivity index (χ2v) is 7.55. The molecule has 2 aromatic rings. The number of quaternary nitrogens is 1. The van der Waals surface area contributed by atoms with Crippen molar-refractivity contribution in [1.29, 1.82) is 0 Å². The van der Waals surface area contributed by atoms with E-state index in [4.69, 9.17) is 4.52 Å². The van der Waals surface area contributed by atoms with Gasteiger partial charge in [-0.2, -0.15) is 0 Å². The number of phosphoric acid groups is 1. The quantitative estimate of drug-likeness (QED) is 0.306. The number of nitrogens with zero attached hydrogens (tertiary/aromatic N) is 4. The summed E-state index contributed by atoms with van der Waals surface area (Å²) in [6.45, 7) is 0.294. The summed E-state index contributed by atoms with van der Waals surface area (Å²) < 4.78 is 25.8. The summed E-state index contributed by atoms with van der Waals surface area (Å²) in [5, 5.41) is 19.9. The van der Waals surface area contributed by atoms with Crippen LogP contribution in [0.2, 0.25) is 0 Å². The number of carbonyl (C=O) groups is 1. The Balaban J connectivity index is 2.05. The number of aromatic nitrogens is 2. The van der Waals surface area contributed by atoms with Crippen LogP contribution >= 0.6 is 7.82 Å². The zero-order valence-electron chi connectivity index (χ0n) is 14.1. The Morgan fingerprint density at radius 3 is 2.65 bits per heavy atom. The van der Waals surface area contributed by atoms with Gasteiger partial charge in [0.05, 0.1) is 31.8 Å². The predicted molar refractivity (Wildman–Crippen MR) is 87.2 cm³/mol. The number of benzene rings is 1. The van der Waals surface area contributed by atoms with E-state index in [-0.39, 0.29) is 29.0 Å². The SMILES string of the molecule is C[N+](C)(C)CCOP(=O)(O)OC(=O)Nc1ccc([N+](=O)[O-])c2nonc12. The number of phosphoric ester groups is 1. The van der Waals surface area contributed by atoms with Gasteiger partial charge in [-0.15, -0.1) is 0 Å². The first-order valence-corrected chi connectivity index (χ1v) is 8.66. The lowest BCUT2D eigenvalue weighted by atomic mass is 10.2. The molecule has 14 heteroatoms. The minimum Gasteiger partial charge on any atom is -0.353 e.